The molecule has 3 aliphatic heterocycles. The summed E-state index contributed by atoms with van der Waals surface area (Å²) in [5, 5.41) is 0. The van der Waals surface area contributed by atoms with Crippen molar-refractivity contribution in [3.05, 3.63) is 0 Å². The summed E-state index contributed by atoms with van der Waals surface area (Å²) in [6, 6.07) is 0. The number of morpholine rings is 1. The topological polar surface area (TPSA) is 71.6 Å². The van der Waals surface area contributed by atoms with Crippen LogP contribution in [-0.2, 0) is 24.4 Å². The van der Waals surface area contributed by atoms with Crippen molar-refractivity contribution in [2.24, 2.45) is 0 Å². The van der Waals surface area contributed by atoms with Gasteiger partial charge < -0.3 is 14.2 Å². The van der Waals surface area contributed by atoms with Crippen LogP contribution in [0.1, 0.15) is 6.42 Å². The average molecular weight is 349 g/mol. The van der Waals surface area contributed by atoms with Crippen molar-refractivity contribution in [2.75, 3.05) is 78.8 Å². The Labute approximate surface area is 138 Å². The van der Waals surface area contributed by atoms with E-state index in [9.17, 15) is 8.42 Å². The van der Waals surface area contributed by atoms with Gasteiger partial charge in [-0.25, -0.2) is 0 Å². The molecule has 23 heavy (non-hydrogen) atoms. The first-order chi connectivity index (χ1) is 11.2. The fourth-order valence-electron chi connectivity index (χ4n) is 3.12. The number of rotatable bonds is 6. The lowest BCUT2D eigenvalue weighted by atomic mass is 10.3. The summed E-state index contributed by atoms with van der Waals surface area (Å²) in [5.74, 6) is 0. The van der Waals surface area contributed by atoms with Crippen molar-refractivity contribution >= 4 is 10.2 Å². The summed E-state index contributed by atoms with van der Waals surface area (Å²) in [6.07, 6.45) is 1.21. The zero-order valence-electron chi connectivity index (χ0n) is 13.6. The SMILES string of the molecule is O=S(=O)(N1CCOCC1)N1CCN(CCOC2CCOC2)CC1. The molecule has 3 heterocycles. The molecule has 0 aliphatic carbocycles. The van der Waals surface area contributed by atoms with E-state index in [1.807, 2.05) is 0 Å². The smallest absolute Gasteiger partial charge is 0.282 e. The summed E-state index contributed by atoms with van der Waals surface area (Å²) >= 11 is 0. The Morgan fingerprint density at radius 2 is 1.61 bits per heavy atom. The molecule has 0 saturated carbocycles. The first kappa shape index (κ1) is 17.5. The molecule has 0 spiro atoms. The van der Waals surface area contributed by atoms with Gasteiger partial charge in [0, 0.05) is 52.4 Å². The third-order valence-electron chi connectivity index (χ3n) is 4.60. The maximum atomic E-state index is 12.6. The Balaban J connectivity index is 1.39. The van der Waals surface area contributed by atoms with Crippen LogP contribution in [0.2, 0.25) is 0 Å². The molecule has 0 radical (unpaired) electrons. The maximum Gasteiger partial charge on any atom is 0.282 e. The summed E-state index contributed by atoms with van der Waals surface area (Å²) < 4.78 is 44.6. The predicted molar refractivity (Wildman–Crippen MR) is 84.5 cm³/mol. The van der Waals surface area contributed by atoms with Crippen LogP contribution in [-0.4, -0.2) is 107 Å². The number of piperazine rings is 1. The van der Waals surface area contributed by atoms with Crippen LogP contribution in [0.15, 0.2) is 0 Å². The zero-order chi connectivity index (χ0) is 16.1. The van der Waals surface area contributed by atoms with Crippen LogP contribution >= 0.6 is 0 Å². The van der Waals surface area contributed by atoms with E-state index in [4.69, 9.17) is 14.2 Å². The molecule has 0 amide bonds. The van der Waals surface area contributed by atoms with E-state index in [1.54, 1.807) is 4.31 Å². The normalized spacial score (nSPS) is 29.1. The molecule has 0 aromatic rings. The van der Waals surface area contributed by atoms with E-state index in [-0.39, 0.29) is 6.10 Å². The third kappa shape index (κ3) is 4.62. The van der Waals surface area contributed by atoms with E-state index in [1.165, 1.54) is 4.31 Å². The monoisotopic (exact) mass is 349 g/mol. The minimum Gasteiger partial charge on any atom is -0.379 e. The second-order valence-electron chi connectivity index (χ2n) is 6.12. The van der Waals surface area contributed by atoms with Gasteiger partial charge in [-0.05, 0) is 6.42 Å². The maximum absolute atomic E-state index is 12.6. The number of hydrogen-bond donors (Lipinski definition) is 0. The highest BCUT2D eigenvalue weighted by Gasteiger charge is 2.33. The van der Waals surface area contributed by atoms with Crippen molar-refractivity contribution in [1.82, 2.24) is 13.5 Å². The fourth-order valence-corrected chi connectivity index (χ4v) is 4.68. The van der Waals surface area contributed by atoms with Gasteiger partial charge >= 0.3 is 0 Å². The van der Waals surface area contributed by atoms with Crippen LogP contribution in [0, 0.1) is 0 Å². The number of ether oxygens (including phenoxy) is 3. The van der Waals surface area contributed by atoms with Crippen LogP contribution < -0.4 is 0 Å². The molecule has 3 rings (SSSR count). The van der Waals surface area contributed by atoms with Crippen LogP contribution in [0.4, 0.5) is 0 Å². The molecule has 3 aliphatic rings. The standard InChI is InChI=1S/C14H27N3O5S/c18-23(19,17-7-10-20-11-8-17)16-4-2-15(3-5-16)6-12-22-14-1-9-21-13-14/h14H,1-13H2. The predicted octanol–water partition coefficient (Wildman–Crippen LogP) is -1.01. The number of nitrogens with zero attached hydrogens (tertiary/aromatic N) is 3. The molecule has 3 saturated heterocycles. The van der Waals surface area contributed by atoms with Gasteiger partial charge in [-0.15, -0.1) is 0 Å². The van der Waals surface area contributed by atoms with Gasteiger partial charge in [-0.2, -0.15) is 17.0 Å². The second-order valence-corrected chi connectivity index (χ2v) is 8.04. The first-order valence-electron chi connectivity index (χ1n) is 8.41. The summed E-state index contributed by atoms with van der Waals surface area (Å²) in [5.41, 5.74) is 0. The molecular weight excluding hydrogens is 322 g/mol. The molecule has 8 nitrogen and oxygen atoms in total. The first-order valence-corrected chi connectivity index (χ1v) is 9.80. The van der Waals surface area contributed by atoms with Crippen molar-refractivity contribution in [1.29, 1.82) is 0 Å². The molecule has 134 valence electrons. The summed E-state index contributed by atoms with van der Waals surface area (Å²) in [4.78, 5) is 2.27. The van der Waals surface area contributed by atoms with Crippen molar-refractivity contribution in [3.63, 3.8) is 0 Å². The van der Waals surface area contributed by atoms with Gasteiger partial charge in [0.15, 0.2) is 0 Å². The highest BCUT2D eigenvalue weighted by atomic mass is 32.2. The Morgan fingerprint density at radius 1 is 0.913 bits per heavy atom. The van der Waals surface area contributed by atoms with E-state index < -0.39 is 10.2 Å². The lowest BCUT2D eigenvalue weighted by molar-refractivity contribution is 0.0249. The highest BCUT2D eigenvalue weighted by molar-refractivity contribution is 7.86. The Morgan fingerprint density at radius 3 is 2.26 bits per heavy atom. The highest BCUT2D eigenvalue weighted by Crippen LogP contribution is 2.14. The van der Waals surface area contributed by atoms with Gasteiger partial charge in [-0.3, -0.25) is 4.90 Å². The number of hydrogen-bond acceptors (Lipinski definition) is 6. The zero-order valence-corrected chi connectivity index (χ0v) is 14.4. The Bertz CT molecular complexity index is 455. The molecule has 1 unspecified atom stereocenters. The molecule has 0 aromatic heterocycles. The lowest BCUT2D eigenvalue weighted by Gasteiger charge is -2.37. The fraction of sp³-hybridized carbons (Fsp3) is 1.00. The van der Waals surface area contributed by atoms with Crippen LogP contribution in [0.3, 0.4) is 0 Å². The molecular formula is C14H27N3O5S. The van der Waals surface area contributed by atoms with Gasteiger partial charge in [-0.1, -0.05) is 0 Å². The summed E-state index contributed by atoms with van der Waals surface area (Å²) in [7, 11) is -3.33. The van der Waals surface area contributed by atoms with Crippen molar-refractivity contribution in [2.45, 2.75) is 12.5 Å². The van der Waals surface area contributed by atoms with Crippen molar-refractivity contribution in [3.8, 4) is 0 Å². The minimum atomic E-state index is -3.33. The van der Waals surface area contributed by atoms with Gasteiger partial charge in [0.25, 0.3) is 10.2 Å². The third-order valence-corrected chi connectivity index (χ3v) is 6.64. The Hall–Kier alpha value is -0.290. The van der Waals surface area contributed by atoms with Crippen LogP contribution in [0.25, 0.3) is 0 Å². The summed E-state index contributed by atoms with van der Waals surface area (Å²) in [6.45, 7) is 7.53. The average Bonchev–Trinajstić information content (AvgIpc) is 3.10. The van der Waals surface area contributed by atoms with E-state index in [2.05, 4.69) is 4.90 Å². The quantitative estimate of drug-likeness (QED) is 0.612. The second kappa shape index (κ2) is 8.19. The molecule has 9 heteroatoms. The van der Waals surface area contributed by atoms with Gasteiger partial charge in [0.1, 0.15) is 0 Å². The van der Waals surface area contributed by atoms with Gasteiger partial charge in [0.2, 0.25) is 0 Å². The van der Waals surface area contributed by atoms with Gasteiger partial charge in [0.05, 0.1) is 32.5 Å². The van der Waals surface area contributed by atoms with Crippen LogP contribution in [0.5, 0.6) is 0 Å². The molecule has 3 fully saturated rings. The molecule has 1 atom stereocenters. The molecule has 0 bridgehead atoms. The van der Waals surface area contributed by atoms with E-state index >= 15 is 0 Å². The van der Waals surface area contributed by atoms with Crippen molar-refractivity contribution < 1.29 is 22.6 Å². The Kier molecular flexibility index (Phi) is 6.25. The molecule has 0 aromatic carbocycles. The minimum absolute atomic E-state index is 0.234. The molecule has 0 N–H and O–H groups in total. The van der Waals surface area contributed by atoms with E-state index in [0.717, 1.165) is 32.7 Å². The lowest BCUT2D eigenvalue weighted by Crippen LogP contribution is -2.55. The largest absolute Gasteiger partial charge is 0.379 e. The van der Waals surface area contributed by atoms with E-state index in [0.29, 0.717) is 52.6 Å².